The average Bonchev–Trinajstić information content (AvgIpc) is 2.02. The zero-order valence-electron chi connectivity index (χ0n) is 7.84. The highest BCUT2D eigenvalue weighted by molar-refractivity contribution is 5.37. The Hall–Kier alpha value is -1.23. The van der Waals surface area contributed by atoms with E-state index >= 15 is 0 Å². The molecule has 1 aliphatic rings. The summed E-state index contributed by atoms with van der Waals surface area (Å²) in [4.78, 5) is 0. The minimum absolute atomic E-state index is 0.0106. The Morgan fingerprint density at radius 3 is 2.47 bits per heavy atom. The Morgan fingerprint density at radius 1 is 1.27 bits per heavy atom. The highest BCUT2D eigenvalue weighted by Crippen LogP contribution is 2.33. The number of alkyl halides is 3. The molecule has 1 aliphatic heterocycles. The van der Waals surface area contributed by atoms with Gasteiger partial charge in [-0.2, -0.15) is 0 Å². The van der Waals surface area contributed by atoms with Crippen molar-refractivity contribution >= 4 is 0 Å². The van der Waals surface area contributed by atoms with Gasteiger partial charge in [0, 0.05) is 11.6 Å². The summed E-state index contributed by atoms with van der Waals surface area (Å²) in [6, 6.07) is 6.21. The van der Waals surface area contributed by atoms with Gasteiger partial charge in [0.25, 0.3) is 0 Å². The lowest BCUT2D eigenvalue weighted by molar-refractivity contribution is -0.275. The quantitative estimate of drug-likeness (QED) is 0.822. The lowest BCUT2D eigenvalue weighted by Crippen LogP contribution is -2.35. The zero-order valence-corrected chi connectivity index (χ0v) is 7.84. The second-order valence-corrected chi connectivity index (χ2v) is 3.38. The normalized spacial score (nSPS) is 20.9. The molecule has 0 aromatic heterocycles. The lowest BCUT2D eigenvalue weighted by Gasteiger charge is -2.29. The Bertz CT molecular complexity index is 347. The summed E-state index contributed by atoms with van der Waals surface area (Å²) in [6.45, 7) is 0.838. The summed E-state index contributed by atoms with van der Waals surface area (Å²) >= 11 is 0. The number of rotatable bonds is 2. The smallest absolute Gasteiger partial charge is 0.405 e. The van der Waals surface area contributed by atoms with Gasteiger partial charge in [-0.25, -0.2) is 0 Å². The van der Waals surface area contributed by atoms with Crippen LogP contribution in [-0.4, -0.2) is 12.9 Å². The van der Waals surface area contributed by atoms with Crippen molar-refractivity contribution in [1.29, 1.82) is 0 Å². The molecule has 2 rings (SSSR count). The molecular formula is C10H10F3NO. The number of nitrogens with one attached hydrogen (secondary N) is 1. The maximum Gasteiger partial charge on any atom is 0.573 e. The molecule has 1 heterocycles. The van der Waals surface area contributed by atoms with Crippen LogP contribution in [-0.2, 0) is 0 Å². The van der Waals surface area contributed by atoms with Crippen molar-refractivity contribution in [3.05, 3.63) is 29.8 Å². The molecule has 0 radical (unpaired) electrons. The van der Waals surface area contributed by atoms with Crippen LogP contribution < -0.4 is 10.1 Å². The molecule has 0 amide bonds. The third-order valence-electron chi connectivity index (χ3n) is 2.34. The summed E-state index contributed by atoms with van der Waals surface area (Å²) in [5.41, 5.74) is 0.570. The molecule has 82 valence electrons. The van der Waals surface area contributed by atoms with E-state index < -0.39 is 6.36 Å². The first-order valence-electron chi connectivity index (χ1n) is 4.64. The minimum Gasteiger partial charge on any atom is -0.405 e. The molecule has 1 aromatic carbocycles. The van der Waals surface area contributed by atoms with E-state index in [9.17, 15) is 13.2 Å². The standard InChI is InChI=1S/C10H10F3NO/c11-10(12,13)15-9-4-2-1-3-7(9)8-5-6-14-8/h1-4,8,14H,5-6H2/t8-/m1/s1. The first-order chi connectivity index (χ1) is 7.06. The molecule has 0 aliphatic carbocycles. The van der Waals surface area contributed by atoms with Crippen LogP contribution in [0.25, 0.3) is 0 Å². The fraction of sp³-hybridized carbons (Fsp3) is 0.400. The molecule has 0 unspecified atom stereocenters. The van der Waals surface area contributed by atoms with E-state index in [4.69, 9.17) is 0 Å². The van der Waals surface area contributed by atoms with Gasteiger partial charge in [-0.1, -0.05) is 18.2 Å². The van der Waals surface area contributed by atoms with Crippen molar-refractivity contribution in [2.45, 2.75) is 18.8 Å². The summed E-state index contributed by atoms with van der Waals surface area (Å²) in [7, 11) is 0. The Kier molecular flexibility index (Phi) is 2.56. The topological polar surface area (TPSA) is 21.3 Å². The van der Waals surface area contributed by atoms with Gasteiger partial charge in [-0.3, -0.25) is 0 Å². The average molecular weight is 217 g/mol. The van der Waals surface area contributed by atoms with Crippen LogP contribution >= 0.6 is 0 Å². The molecule has 1 N–H and O–H groups in total. The molecule has 0 saturated carbocycles. The van der Waals surface area contributed by atoms with E-state index in [0.717, 1.165) is 13.0 Å². The minimum atomic E-state index is -4.63. The lowest BCUT2D eigenvalue weighted by atomic mass is 9.97. The number of ether oxygens (including phenoxy) is 1. The molecule has 1 fully saturated rings. The van der Waals surface area contributed by atoms with Crippen molar-refractivity contribution in [3.8, 4) is 5.75 Å². The summed E-state index contributed by atoms with van der Waals surface area (Å²) < 4.78 is 40.1. The second-order valence-electron chi connectivity index (χ2n) is 3.38. The predicted molar refractivity (Wildman–Crippen MR) is 48.5 cm³/mol. The third-order valence-corrected chi connectivity index (χ3v) is 2.34. The fourth-order valence-corrected chi connectivity index (χ4v) is 1.54. The number of halogens is 3. The molecule has 0 spiro atoms. The van der Waals surface area contributed by atoms with Crippen LogP contribution in [0.1, 0.15) is 18.0 Å². The van der Waals surface area contributed by atoms with Crippen molar-refractivity contribution in [3.63, 3.8) is 0 Å². The van der Waals surface area contributed by atoms with Crippen LogP contribution in [0.5, 0.6) is 5.75 Å². The SMILES string of the molecule is FC(F)(F)Oc1ccccc1[C@H]1CCN1. The largest absolute Gasteiger partial charge is 0.573 e. The van der Waals surface area contributed by atoms with E-state index in [2.05, 4.69) is 10.1 Å². The molecule has 0 bridgehead atoms. The second kappa shape index (κ2) is 3.73. The van der Waals surface area contributed by atoms with Crippen molar-refractivity contribution in [2.75, 3.05) is 6.54 Å². The van der Waals surface area contributed by atoms with Gasteiger partial charge >= 0.3 is 6.36 Å². The van der Waals surface area contributed by atoms with E-state index in [-0.39, 0.29) is 11.8 Å². The van der Waals surface area contributed by atoms with Crippen LogP contribution in [0.2, 0.25) is 0 Å². The fourth-order valence-electron chi connectivity index (χ4n) is 1.54. The molecule has 2 nitrogen and oxygen atoms in total. The van der Waals surface area contributed by atoms with Gasteiger partial charge in [0.1, 0.15) is 5.75 Å². The van der Waals surface area contributed by atoms with Gasteiger partial charge in [0.15, 0.2) is 0 Å². The molecule has 5 heteroatoms. The molecule has 15 heavy (non-hydrogen) atoms. The number of benzene rings is 1. The van der Waals surface area contributed by atoms with Crippen molar-refractivity contribution in [1.82, 2.24) is 5.32 Å². The number of hydrogen-bond acceptors (Lipinski definition) is 2. The number of para-hydroxylation sites is 1. The Balaban J connectivity index is 2.21. The molecule has 1 aromatic rings. The van der Waals surface area contributed by atoms with E-state index in [1.807, 2.05) is 0 Å². The predicted octanol–water partition coefficient (Wildman–Crippen LogP) is 2.62. The Morgan fingerprint density at radius 2 is 1.93 bits per heavy atom. The third kappa shape index (κ3) is 2.41. The summed E-state index contributed by atoms with van der Waals surface area (Å²) in [5.74, 6) is -0.109. The zero-order chi connectivity index (χ0) is 10.9. The molecule has 1 saturated heterocycles. The molecular weight excluding hydrogens is 207 g/mol. The summed E-state index contributed by atoms with van der Waals surface area (Å²) in [6.07, 6.45) is -3.78. The highest BCUT2D eigenvalue weighted by atomic mass is 19.4. The van der Waals surface area contributed by atoms with Crippen LogP contribution in [0.4, 0.5) is 13.2 Å². The van der Waals surface area contributed by atoms with Crippen LogP contribution in [0.15, 0.2) is 24.3 Å². The maximum absolute atomic E-state index is 12.1. The van der Waals surface area contributed by atoms with Crippen LogP contribution in [0, 0.1) is 0 Å². The Labute approximate surface area is 85.0 Å². The monoisotopic (exact) mass is 217 g/mol. The van der Waals surface area contributed by atoms with Gasteiger partial charge in [-0.15, -0.1) is 13.2 Å². The highest BCUT2D eigenvalue weighted by Gasteiger charge is 2.33. The maximum atomic E-state index is 12.1. The van der Waals surface area contributed by atoms with Crippen LogP contribution in [0.3, 0.4) is 0 Å². The first-order valence-corrected chi connectivity index (χ1v) is 4.64. The van der Waals surface area contributed by atoms with Gasteiger partial charge in [-0.05, 0) is 19.0 Å². The first kappa shape index (κ1) is 10.3. The molecule has 1 atom stereocenters. The van der Waals surface area contributed by atoms with Gasteiger partial charge in [0.05, 0.1) is 0 Å². The van der Waals surface area contributed by atoms with Gasteiger partial charge in [0.2, 0.25) is 0 Å². The number of hydrogen-bond donors (Lipinski definition) is 1. The van der Waals surface area contributed by atoms with E-state index in [0.29, 0.717) is 5.56 Å². The summed E-state index contributed by atoms with van der Waals surface area (Å²) in [5, 5.41) is 3.04. The van der Waals surface area contributed by atoms with E-state index in [1.54, 1.807) is 12.1 Å². The van der Waals surface area contributed by atoms with E-state index in [1.165, 1.54) is 12.1 Å². The van der Waals surface area contributed by atoms with Crippen molar-refractivity contribution in [2.24, 2.45) is 0 Å². The van der Waals surface area contributed by atoms with Gasteiger partial charge < -0.3 is 10.1 Å². The van der Waals surface area contributed by atoms with Crippen molar-refractivity contribution < 1.29 is 17.9 Å².